The Balaban J connectivity index is 1.35. The van der Waals surface area contributed by atoms with Crippen LogP contribution in [0.4, 0.5) is 5.69 Å². The third-order valence-corrected chi connectivity index (χ3v) is 7.54. The number of aliphatic imine (C=N–C) groups is 1. The first-order chi connectivity index (χ1) is 17.4. The molecular formula is C28H25ClN4O2S. The van der Waals surface area contributed by atoms with E-state index in [9.17, 15) is 9.59 Å². The molecule has 5 rings (SSSR count). The number of nitrogens with one attached hydrogen (secondary N) is 1. The molecule has 0 radical (unpaired) electrons. The molecule has 0 fully saturated rings. The van der Waals surface area contributed by atoms with Crippen LogP contribution >= 0.6 is 23.4 Å². The third-order valence-electron chi connectivity index (χ3n) is 6.16. The zero-order chi connectivity index (χ0) is 25.2. The van der Waals surface area contributed by atoms with Gasteiger partial charge in [0.05, 0.1) is 11.8 Å². The highest BCUT2D eigenvalue weighted by atomic mass is 35.5. The predicted molar refractivity (Wildman–Crippen MR) is 147 cm³/mol. The molecule has 0 bridgehead atoms. The van der Waals surface area contributed by atoms with Crippen molar-refractivity contribution in [1.29, 1.82) is 0 Å². The van der Waals surface area contributed by atoms with Gasteiger partial charge in [-0.15, -0.1) is 0 Å². The van der Waals surface area contributed by atoms with Crippen LogP contribution in [0.2, 0.25) is 5.02 Å². The summed E-state index contributed by atoms with van der Waals surface area (Å²) in [6.45, 7) is 4.03. The van der Waals surface area contributed by atoms with Crippen molar-refractivity contribution in [3.05, 3.63) is 100 Å². The van der Waals surface area contributed by atoms with Gasteiger partial charge in [0.2, 0.25) is 5.91 Å². The zero-order valence-corrected chi connectivity index (χ0v) is 21.5. The van der Waals surface area contributed by atoms with Gasteiger partial charge in [0.15, 0.2) is 5.17 Å². The number of benzene rings is 3. The largest absolute Gasteiger partial charge is 0.326 e. The van der Waals surface area contributed by atoms with Crippen LogP contribution in [0.1, 0.15) is 41.1 Å². The van der Waals surface area contributed by atoms with Crippen LogP contribution in [0.5, 0.6) is 0 Å². The average molecular weight is 517 g/mol. The molecule has 0 saturated carbocycles. The maximum absolute atomic E-state index is 12.8. The Morgan fingerprint density at radius 1 is 1.06 bits per heavy atom. The summed E-state index contributed by atoms with van der Waals surface area (Å²) in [5.74, 6) is -0.546. The first kappa shape index (κ1) is 24.3. The molecule has 2 aliphatic heterocycles. The minimum Gasteiger partial charge on any atom is -0.326 e. The lowest BCUT2D eigenvalue weighted by atomic mass is 9.98. The minimum absolute atomic E-state index is 0.0363. The van der Waals surface area contributed by atoms with E-state index in [-0.39, 0.29) is 24.3 Å². The van der Waals surface area contributed by atoms with Crippen LogP contribution in [0.25, 0.3) is 0 Å². The zero-order valence-electron chi connectivity index (χ0n) is 19.9. The van der Waals surface area contributed by atoms with Crippen LogP contribution < -0.4 is 5.32 Å². The minimum atomic E-state index is -0.593. The smallest absolute Gasteiger partial charge is 0.262 e. The molecule has 2 aliphatic rings. The fourth-order valence-corrected chi connectivity index (χ4v) is 5.46. The van der Waals surface area contributed by atoms with Crippen molar-refractivity contribution in [1.82, 2.24) is 5.01 Å². The fourth-order valence-electron chi connectivity index (χ4n) is 4.20. The number of halogens is 1. The van der Waals surface area contributed by atoms with Crippen molar-refractivity contribution in [3.63, 3.8) is 0 Å². The molecule has 2 atom stereocenters. The number of carbonyl (C=O) groups excluding carboxylic acids is 2. The van der Waals surface area contributed by atoms with Crippen molar-refractivity contribution in [2.75, 3.05) is 5.32 Å². The summed E-state index contributed by atoms with van der Waals surface area (Å²) in [7, 11) is 0. The lowest BCUT2D eigenvalue weighted by Gasteiger charge is -2.23. The molecule has 0 aromatic heterocycles. The van der Waals surface area contributed by atoms with Crippen molar-refractivity contribution in [3.8, 4) is 0 Å². The second kappa shape index (κ2) is 10.3. The standard InChI is InChI=1S/C28H25ClN4O2S/c1-17-6-10-19(11-7-17)23-15-24(20-4-3-5-21(29)14-20)33(32-23)28-31-27(35)25(36-28)16-26(34)30-22-12-8-18(2)9-13-22/h3-14,24-25H,15-16H2,1-2H3,(H,30,34)/t24-,25+/m0/s1. The van der Waals surface area contributed by atoms with Crippen LogP contribution in [-0.4, -0.2) is 33.0 Å². The Hall–Kier alpha value is -3.42. The predicted octanol–water partition coefficient (Wildman–Crippen LogP) is 6.13. The SMILES string of the molecule is Cc1ccc(NC(=O)C[C@H]2SC(N3N=C(c4ccc(C)cc4)C[C@H]3c3cccc(Cl)c3)=NC2=O)cc1. The summed E-state index contributed by atoms with van der Waals surface area (Å²) in [6.07, 6.45) is 0.685. The van der Waals surface area contributed by atoms with Crippen LogP contribution in [0, 0.1) is 13.8 Å². The van der Waals surface area contributed by atoms with Crippen LogP contribution in [0.3, 0.4) is 0 Å². The Morgan fingerprint density at radius 3 is 2.44 bits per heavy atom. The number of amides is 2. The lowest BCUT2D eigenvalue weighted by Crippen LogP contribution is -2.25. The van der Waals surface area contributed by atoms with Gasteiger partial charge in [-0.3, -0.25) is 9.59 Å². The van der Waals surface area contributed by atoms with E-state index in [1.807, 2.05) is 62.4 Å². The van der Waals surface area contributed by atoms with Gasteiger partial charge in [0.1, 0.15) is 5.25 Å². The molecule has 0 aliphatic carbocycles. The summed E-state index contributed by atoms with van der Waals surface area (Å²) in [5, 5.41) is 10.1. The second-order valence-electron chi connectivity index (χ2n) is 8.99. The van der Waals surface area contributed by atoms with Gasteiger partial charge in [-0.25, -0.2) is 5.01 Å². The van der Waals surface area contributed by atoms with Crippen molar-refractivity contribution >= 4 is 51.7 Å². The van der Waals surface area contributed by atoms with Crippen molar-refractivity contribution in [2.24, 2.45) is 10.1 Å². The second-order valence-corrected chi connectivity index (χ2v) is 10.6. The van der Waals surface area contributed by atoms with Gasteiger partial charge in [0.25, 0.3) is 5.91 Å². The van der Waals surface area contributed by atoms with Crippen LogP contribution in [-0.2, 0) is 9.59 Å². The first-order valence-corrected chi connectivity index (χ1v) is 13.0. The lowest BCUT2D eigenvalue weighted by molar-refractivity contribution is -0.121. The maximum atomic E-state index is 12.8. The molecule has 1 N–H and O–H groups in total. The molecule has 0 spiro atoms. The Labute approximate surface area is 219 Å². The molecule has 2 heterocycles. The molecule has 2 amide bonds. The normalized spacial score (nSPS) is 19.3. The van der Waals surface area contributed by atoms with E-state index in [1.165, 1.54) is 17.3 Å². The monoisotopic (exact) mass is 516 g/mol. The first-order valence-electron chi connectivity index (χ1n) is 11.7. The van der Waals surface area contributed by atoms with E-state index in [0.29, 0.717) is 22.3 Å². The summed E-state index contributed by atoms with van der Waals surface area (Å²) in [4.78, 5) is 29.7. The van der Waals surface area contributed by atoms with Gasteiger partial charge in [-0.2, -0.15) is 10.1 Å². The van der Waals surface area contributed by atoms with E-state index >= 15 is 0 Å². The number of anilines is 1. The number of hydrazone groups is 1. The number of hydrogen-bond donors (Lipinski definition) is 1. The molecule has 3 aromatic rings. The summed E-state index contributed by atoms with van der Waals surface area (Å²) in [6, 6.07) is 23.3. The maximum Gasteiger partial charge on any atom is 0.262 e. The molecule has 36 heavy (non-hydrogen) atoms. The van der Waals surface area contributed by atoms with E-state index in [1.54, 1.807) is 5.01 Å². The molecule has 3 aromatic carbocycles. The highest BCUT2D eigenvalue weighted by molar-refractivity contribution is 8.15. The molecular weight excluding hydrogens is 492 g/mol. The number of carbonyl (C=O) groups is 2. The molecule has 6 nitrogen and oxygen atoms in total. The number of nitrogens with zero attached hydrogens (tertiary/aromatic N) is 3. The number of aryl methyl sites for hydroxylation is 2. The Kier molecular flexibility index (Phi) is 6.94. The highest BCUT2D eigenvalue weighted by Crippen LogP contribution is 2.39. The molecule has 8 heteroatoms. The van der Waals surface area contributed by atoms with Gasteiger partial charge in [-0.05, 0) is 49.2 Å². The third kappa shape index (κ3) is 5.37. The van der Waals surface area contributed by atoms with E-state index < -0.39 is 5.25 Å². The molecule has 0 saturated heterocycles. The average Bonchev–Trinajstić information content (AvgIpc) is 3.45. The Morgan fingerprint density at radius 2 is 1.75 bits per heavy atom. The van der Waals surface area contributed by atoms with Gasteiger partial charge < -0.3 is 5.32 Å². The molecule has 182 valence electrons. The van der Waals surface area contributed by atoms with E-state index in [2.05, 4.69) is 34.6 Å². The fraction of sp³-hybridized carbons (Fsp3) is 0.214. The number of thioether (sulfide) groups is 1. The van der Waals surface area contributed by atoms with Crippen molar-refractivity contribution in [2.45, 2.75) is 38.0 Å². The van der Waals surface area contributed by atoms with E-state index in [4.69, 9.17) is 16.7 Å². The van der Waals surface area contributed by atoms with Crippen LogP contribution in [0.15, 0.2) is 82.9 Å². The quantitative estimate of drug-likeness (QED) is 0.442. The van der Waals surface area contributed by atoms with Gasteiger partial charge in [0, 0.05) is 23.6 Å². The van der Waals surface area contributed by atoms with E-state index in [0.717, 1.165) is 22.4 Å². The van der Waals surface area contributed by atoms with Crippen molar-refractivity contribution < 1.29 is 9.59 Å². The topological polar surface area (TPSA) is 74.1 Å². The summed E-state index contributed by atoms with van der Waals surface area (Å²) in [5.41, 5.74) is 5.92. The number of hydrogen-bond acceptors (Lipinski definition) is 5. The summed E-state index contributed by atoms with van der Waals surface area (Å²) >= 11 is 7.58. The molecule has 0 unspecified atom stereocenters. The summed E-state index contributed by atoms with van der Waals surface area (Å²) < 4.78 is 0. The Bertz CT molecular complexity index is 1370. The van der Waals surface area contributed by atoms with Gasteiger partial charge >= 0.3 is 0 Å². The number of amidine groups is 1. The number of rotatable bonds is 5. The van der Waals surface area contributed by atoms with Gasteiger partial charge in [-0.1, -0.05) is 83.0 Å². The highest BCUT2D eigenvalue weighted by Gasteiger charge is 2.39.